The number of carbonyl (C=O) groups is 2. The van der Waals surface area contributed by atoms with Gasteiger partial charge in [-0.3, -0.25) is 0 Å². The zero-order valence-electron chi connectivity index (χ0n) is 22.8. The molecule has 2 aromatic rings. The summed E-state index contributed by atoms with van der Waals surface area (Å²) in [6.45, 7) is 5.64. The fourth-order valence-electron chi connectivity index (χ4n) is 5.79. The van der Waals surface area contributed by atoms with E-state index in [2.05, 4.69) is 10.6 Å². The smallest absolute Gasteiger partial charge is 0.416 e. The third kappa shape index (κ3) is 6.69. The minimum Gasteiger partial charge on any atom is -0.465 e. The van der Waals surface area contributed by atoms with Crippen LogP contribution in [0.4, 0.5) is 35.9 Å². The maximum Gasteiger partial charge on any atom is 0.416 e. The van der Waals surface area contributed by atoms with Gasteiger partial charge < -0.3 is 20.6 Å². The zero-order chi connectivity index (χ0) is 31.4. The summed E-state index contributed by atoms with van der Waals surface area (Å²) in [4.78, 5) is 26.8. The number of amides is 3. The Morgan fingerprint density at radius 3 is 1.95 bits per heavy atom. The van der Waals surface area contributed by atoms with Crippen molar-refractivity contribution in [1.82, 2.24) is 15.5 Å². The minimum atomic E-state index is -5.03. The van der Waals surface area contributed by atoms with Gasteiger partial charge >= 0.3 is 24.5 Å². The van der Waals surface area contributed by atoms with Crippen LogP contribution in [0.5, 0.6) is 0 Å². The molecule has 1 aliphatic heterocycles. The number of urea groups is 1. The molecule has 1 saturated heterocycles. The van der Waals surface area contributed by atoms with Crippen LogP contribution in [0.25, 0.3) is 0 Å². The van der Waals surface area contributed by atoms with E-state index in [9.17, 15) is 41.0 Å². The molecule has 1 saturated carbocycles. The second-order valence-corrected chi connectivity index (χ2v) is 12.7. The number of likely N-dealkylation sites (tertiary alicyclic amines) is 1. The molecule has 230 valence electrons. The van der Waals surface area contributed by atoms with Crippen LogP contribution in [0, 0.1) is 5.41 Å². The Morgan fingerprint density at radius 1 is 0.929 bits per heavy atom. The highest BCUT2D eigenvalue weighted by atomic mass is 35.5. The summed E-state index contributed by atoms with van der Waals surface area (Å²) in [6, 6.07) is 4.03. The van der Waals surface area contributed by atoms with Crippen LogP contribution < -0.4 is 10.6 Å². The molecule has 0 radical (unpaired) electrons. The second kappa shape index (κ2) is 11.0. The summed E-state index contributed by atoms with van der Waals surface area (Å²) >= 11 is 12.4. The fraction of sp³-hybridized carbons (Fsp3) is 0.500. The zero-order valence-corrected chi connectivity index (χ0v) is 24.3. The molecule has 3 amide bonds. The summed E-state index contributed by atoms with van der Waals surface area (Å²) in [5, 5.41) is 15.9. The monoisotopic (exact) mass is 639 g/mol. The van der Waals surface area contributed by atoms with Gasteiger partial charge in [0.1, 0.15) is 0 Å². The van der Waals surface area contributed by atoms with E-state index in [0.29, 0.717) is 17.7 Å². The van der Waals surface area contributed by atoms with Crippen LogP contribution in [-0.2, 0) is 17.9 Å². The predicted molar refractivity (Wildman–Crippen MR) is 145 cm³/mol. The van der Waals surface area contributed by atoms with Gasteiger partial charge in [-0.15, -0.1) is 0 Å². The van der Waals surface area contributed by atoms with Crippen molar-refractivity contribution < 1.29 is 41.0 Å². The summed E-state index contributed by atoms with van der Waals surface area (Å²) in [7, 11) is 0. The van der Waals surface area contributed by atoms with Crippen LogP contribution in [0.3, 0.4) is 0 Å². The summed E-state index contributed by atoms with van der Waals surface area (Å²) in [5.41, 5.74) is -4.65. The second-order valence-electron chi connectivity index (χ2n) is 11.9. The number of benzene rings is 2. The molecule has 1 aliphatic carbocycles. The van der Waals surface area contributed by atoms with Crippen molar-refractivity contribution in [3.63, 3.8) is 0 Å². The van der Waals surface area contributed by atoms with Gasteiger partial charge in [0.05, 0.1) is 26.7 Å². The standard InChI is InChI=1S/C28H29Cl2F6N3O3/c1-25(2,3)22-21(14-4-5-18(29)19(30)10-14)20(6-9-39(22)24(41)42)37-23(40)38-26(7-8-26)15-11-16(27(31,32)33)13-17(12-15)28(34,35)36/h4-5,10-13,20-22H,6-9H2,1-3H3,(H,41,42)(H2,37,38,40)/t20-,21-,22?/m1/s1. The van der Waals surface area contributed by atoms with Gasteiger partial charge in [0.25, 0.3) is 0 Å². The largest absolute Gasteiger partial charge is 0.465 e. The third-order valence-corrected chi connectivity index (χ3v) is 8.55. The van der Waals surface area contributed by atoms with E-state index in [0.717, 1.165) is 0 Å². The highest BCUT2D eigenvalue weighted by molar-refractivity contribution is 6.42. The van der Waals surface area contributed by atoms with E-state index in [4.69, 9.17) is 23.2 Å². The van der Waals surface area contributed by atoms with Gasteiger partial charge in [-0.05, 0) is 66.1 Å². The number of hydrogen-bond donors (Lipinski definition) is 3. The van der Waals surface area contributed by atoms with Crippen molar-refractivity contribution >= 4 is 35.3 Å². The Hall–Kier alpha value is -2.86. The maximum atomic E-state index is 13.5. The number of alkyl halides is 6. The minimum absolute atomic E-state index is 0.0460. The van der Waals surface area contributed by atoms with Crippen LogP contribution in [0.15, 0.2) is 36.4 Å². The predicted octanol–water partition coefficient (Wildman–Crippen LogP) is 8.27. The number of nitrogens with one attached hydrogen (secondary N) is 2. The van der Waals surface area contributed by atoms with Crippen LogP contribution in [-0.4, -0.2) is 40.8 Å². The molecular formula is C28H29Cl2F6N3O3. The molecule has 2 fully saturated rings. The first kappa shape index (κ1) is 32.1. The van der Waals surface area contributed by atoms with Crippen LogP contribution >= 0.6 is 23.2 Å². The Labute approximate surface area is 248 Å². The summed E-state index contributed by atoms with van der Waals surface area (Å²) in [5.74, 6) is -0.615. The molecular weight excluding hydrogens is 611 g/mol. The Kier molecular flexibility index (Phi) is 8.40. The number of piperidine rings is 1. The van der Waals surface area contributed by atoms with Crippen LogP contribution in [0.1, 0.15) is 68.2 Å². The first-order valence-corrected chi connectivity index (χ1v) is 13.8. The Morgan fingerprint density at radius 2 is 1.50 bits per heavy atom. The van der Waals surface area contributed by atoms with Gasteiger partial charge in [0.2, 0.25) is 0 Å². The summed E-state index contributed by atoms with van der Waals surface area (Å²) in [6.07, 6.45) is -10.7. The number of nitrogens with zero attached hydrogens (tertiary/aromatic N) is 1. The Bertz CT molecular complexity index is 1340. The van der Waals surface area contributed by atoms with E-state index < -0.39 is 64.6 Å². The molecule has 4 rings (SSSR count). The first-order chi connectivity index (χ1) is 19.2. The molecule has 2 aliphatic rings. The average molecular weight is 640 g/mol. The fourth-order valence-corrected chi connectivity index (χ4v) is 6.10. The molecule has 42 heavy (non-hydrogen) atoms. The molecule has 0 aromatic heterocycles. The lowest BCUT2D eigenvalue weighted by molar-refractivity contribution is -0.143. The molecule has 2 aromatic carbocycles. The van der Waals surface area contributed by atoms with Crippen molar-refractivity contribution in [3.05, 3.63) is 68.7 Å². The molecule has 3 N–H and O–H groups in total. The van der Waals surface area contributed by atoms with Gasteiger partial charge in [-0.2, -0.15) is 26.3 Å². The van der Waals surface area contributed by atoms with E-state index in [-0.39, 0.29) is 47.5 Å². The number of carboxylic acid groups (broad SMARTS) is 1. The SMILES string of the molecule is CC(C)(C)C1[C@H](c2ccc(Cl)c(Cl)c2)[C@H](NC(=O)NC2(c3cc(C(F)(F)F)cc(C(F)(F)F)c3)CC2)CCN1C(=O)O. The van der Waals surface area contributed by atoms with Crippen molar-refractivity contribution in [1.29, 1.82) is 0 Å². The van der Waals surface area contributed by atoms with E-state index >= 15 is 0 Å². The molecule has 3 atom stereocenters. The van der Waals surface area contributed by atoms with Gasteiger partial charge in [-0.25, -0.2) is 9.59 Å². The lowest BCUT2D eigenvalue weighted by atomic mass is 9.69. The molecule has 14 heteroatoms. The lowest BCUT2D eigenvalue weighted by Crippen LogP contribution is -2.61. The van der Waals surface area contributed by atoms with Crippen molar-refractivity contribution in [2.24, 2.45) is 5.41 Å². The Balaban J connectivity index is 1.67. The van der Waals surface area contributed by atoms with Crippen molar-refractivity contribution in [2.75, 3.05) is 6.54 Å². The third-order valence-electron chi connectivity index (χ3n) is 7.81. The van der Waals surface area contributed by atoms with E-state index in [1.165, 1.54) is 4.90 Å². The highest BCUT2D eigenvalue weighted by Gasteiger charge is 2.50. The number of halogens is 8. The number of carbonyl (C=O) groups excluding carboxylic acids is 1. The van der Waals surface area contributed by atoms with Crippen LogP contribution in [0.2, 0.25) is 10.0 Å². The highest BCUT2D eigenvalue weighted by Crippen LogP contribution is 2.49. The number of hydrogen-bond acceptors (Lipinski definition) is 2. The van der Waals surface area contributed by atoms with Gasteiger partial charge in [-0.1, -0.05) is 50.0 Å². The molecule has 6 nitrogen and oxygen atoms in total. The molecule has 1 unspecified atom stereocenters. The normalized spacial score (nSPS) is 22.5. The first-order valence-electron chi connectivity index (χ1n) is 13.1. The quantitative estimate of drug-likeness (QED) is 0.295. The maximum absolute atomic E-state index is 13.5. The van der Waals surface area contributed by atoms with E-state index in [1.54, 1.807) is 18.2 Å². The molecule has 0 spiro atoms. The number of rotatable bonds is 4. The lowest BCUT2D eigenvalue weighted by Gasteiger charge is -2.50. The average Bonchev–Trinajstić information content (AvgIpc) is 3.63. The van der Waals surface area contributed by atoms with Crippen molar-refractivity contribution in [2.45, 2.75) is 75.9 Å². The summed E-state index contributed by atoms with van der Waals surface area (Å²) < 4.78 is 80.8. The van der Waals surface area contributed by atoms with Gasteiger partial charge in [0, 0.05) is 24.5 Å². The molecule has 0 bridgehead atoms. The van der Waals surface area contributed by atoms with Gasteiger partial charge in [0.15, 0.2) is 0 Å². The van der Waals surface area contributed by atoms with Crippen molar-refractivity contribution in [3.8, 4) is 0 Å². The van der Waals surface area contributed by atoms with E-state index in [1.807, 2.05) is 20.8 Å². The topological polar surface area (TPSA) is 81.7 Å². The molecule has 1 heterocycles.